The Morgan fingerprint density at radius 2 is 1.89 bits per heavy atom. The van der Waals surface area contributed by atoms with Crippen LogP contribution in [0.4, 0.5) is 0 Å². The highest BCUT2D eigenvalue weighted by Gasteiger charge is 2.31. The van der Waals surface area contributed by atoms with Gasteiger partial charge in [-0.25, -0.2) is 0 Å². The third-order valence-corrected chi connectivity index (χ3v) is 4.63. The molecule has 1 N–H and O–H groups in total. The standard InChI is InChI=1S/C16H29NS/c1-5-9-16(10-6-2,13-17-12-14(3)4)15-8-7-11-18-15/h7-8,11,14,17H,5-6,9-10,12-13H2,1-4H3. The lowest BCUT2D eigenvalue weighted by Crippen LogP contribution is -2.39. The van der Waals surface area contributed by atoms with E-state index in [-0.39, 0.29) is 0 Å². The normalized spacial score (nSPS) is 12.3. The van der Waals surface area contributed by atoms with E-state index in [0.29, 0.717) is 5.41 Å². The van der Waals surface area contributed by atoms with Gasteiger partial charge in [0.25, 0.3) is 0 Å². The van der Waals surface area contributed by atoms with Crippen LogP contribution >= 0.6 is 11.3 Å². The van der Waals surface area contributed by atoms with E-state index in [2.05, 4.69) is 50.5 Å². The molecule has 1 nitrogen and oxygen atoms in total. The van der Waals surface area contributed by atoms with Crippen LogP contribution < -0.4 is 5.32 Å². The summed E-state index contributed by atoms with van der Waals surface area (Å²) >= 11 is 1.93. The van der Waals surface area contributed by atoms with Crippen LogP contribution in [0, 0.1) is 5.92 Å². The molecule has 0 fully saturated rings. The molecule has 0 aliphatic carbocycles. The van der Waals surface area contributed by atoms with Gasteiger partial charge in [-0.3, -0.25) is 0 Å². The molecule has 0 radical (unpaired) electrons. The maximum Gasteiger partial charge on any atom is 0.0171 e. The van der Waals surface area contributed by atoms with Gasteiger partial charge < -0.3 is 5.32 Å². The van der Waals surface area contributed by atoms with Crippen LogP contribution in [0.3, 0.4) is 0 Å². The summed E-state index contributed by atoms with van der Waals surface area (Å²) in [5, 5.41) is 5.91. The van der Waals surface area contributed by atoms with E-state index in [9.17, 15) is 0 Å². The van der Waals surface area contributed by atoms with Crippen molar-refractivity contribution in [3.05, 3.63) is 22.4 Å². The van der Waals surface area contributed by atoms with Crippen molar-refractivity contribution >= 4 is 11.3 Å². The summed E-state index contributed by atoms with van der Waals surface area (Å²) in [5.41, 5.74) is 0.368. The molecule has 1 rings (SSSR count). The molecule has 0 aliphatic rings. The molecular weight excluding hydrogens is 238 g/mol. The second kappa shape index (κ2) is 7.96. The third kappa shape index (κ3) is 4.40. The van der Waals surface area contributed by atoms with Gasteiger partial charge >= 0.3 is 0 Å². The number of hydrogen-bond donors (Lipinski definition) is 1. The van der Waals surface area contributed by atoms with Crippen LogP contribution in [0.15, 0.2) is 17.5 Å². The van der Waals surface area contributed by atoms with Crippen LogP contribution in [-0.4, -0.2) is 13.1 Å². The van der Waals surface area contributed by atoms with E-state index < -0.39 is 0 Å². The Bertz CT molecular complexity index is 297. The van der Waals surface area contributed by atoms with Crippen molar-refractivity contribution in [1.29, 1.82) is 0 Å². The zero-order valence-electron chi connectivity index (χ0n) is 12.5. The monoisotopic (exact) mass is 267 g/mol. The second-order valence-corrected chi connectivity index (χ2v) is 6.73. The van der Waals surface area contributed by atoms with E-state index >= 15 is 0 Å². The van der Waals surface area contributed by atoms with Gasteiger partial charge in [0.2, 0.25) is 0 Å². The number of rotatable bonds is 9. The quantitative estimate of drug-likeness (QED) is 0.675. The molecule has 0 amide bonds. The highest BCUT2D eigenvalue weighted by Crippen LogP contribution is 2.36. The smallest absolute Gasteiger partial charge is 0.0171 e. The predicted molar refractivity (Wildman–Crippen MR) is 83.5 cm³/mol. The van der Waals surface area contributed by atoms with E-state index in [4.69, 9.17) is 0 Å². The van der Waals surface area contributed by atoms with Crippen LogP contribution in [0.2, 0.25) is 0 Å². The van der Waals surface area contributed by atoms with Gasteiger partial charge in [-0.2, -0.15) is 0 Å². The molecule has 0 spiro atoms. The molecule has 0 saturated heterocycles. The lowest BCUT2D eigenvalue weighted by Gasteiger charge is -2.33. The molecule has 0 saturated carbocycles. The van der Waals surface area contributed by atoms with E-state index in [1.807, 2.05) is 11.3 Å². The largest absolute Gasteiger partial charge is 0.316 e. The topological polar surface area (TPSA) is 12.0 Å². The first-order valence-electron chi connectivity index (χ1n) is 7.39. The Morgan fingerprint density at radius 1 is 1.22 bits per heavy atom. The van der Waals surface area contributed by atoms with E-state index in [0.717, 1.165) is 19.0 Å². The molecule has 104 valence electrons. The Labute approximate surface area is 117 Å². The fourth-order valence-corrected chi connectivity index (χ4v) is 3.76. The highest BCUT2D eigenvalue weighted by molar-refractivity contribution is 7.10. The predicted octanol–water partition coefficient (Wildman–Crippen LogP) is 4.83. The van der Waals surface area contributed by atoms with E-state index in [1.54, 1.807) is 4.88 Å². The second-order valence-electron chi connectivity index (χ2n) is 5.78. The van der Waals surface area contributed by atoms with Crippen molar-refractivity contribution in [2.24, 2.45) is 5.92 Å². The Hall–Kier alpha value is -0.340. The van der Waals surface area contributed by atoms with Crippen molar-refractivity contribution in [2.75, 3.05) is 13.1 Å². The van der Waals surface area contributed by atoms with Crippen LogP contribution in [-0.2, 0) is 5.41 Å². The first-order valence-corrected chi connectivity index (χ1v) is 8.27. The summed E-state index contributed by atoms with van der Waals surface area (Å²) in [5.74, 6) is 0.731. The molecule has 18 heavy (non-hydrogen) atoms. The fraction of sp³-hybridized carbons (Fsp3) is 0.750. The zero-order chi connectivity index (χ0) is 13.4. The molecule has 0 bridgehead atoms. The summed E-state index contributed by atoms with van der Waals surface area (Å²) < 4.78 is 0. The molecule has 0 aliphatic heterocycles. The molecule has 1 aromatic heterocycles. The molecule has 0 unspecified atom stereocenters. The molecule has 0 atom stereocenters. The SMILES string of the molecule is CCCC(CCC)(CNCC(C)C)c1cccs1. The number of nitrogens with one attached hydrogen (secondary N) is 1. The molecular formula is C16H29NS. The van der Waals surface area contributed by atoms with Gasteiger partial charge in [0.05, 0.1) is 0 Å². The zero-order valence-corrected chi connectivity index (χ0v) is 13.3. The van der Waals surface area contributed by atoms with Crippen LogP contribution in [0.5, 0.6) is 0 Å². The molecule has 1 heterocycles. The van der Waals surface area contributed by atoms with Crippen LogP contribution in [0.25, 0.3) is 0 Å². The lowest BCUT2D eigenvalue weighted by molar-refractivity contribution is 0.334. The van der Waals surface area contributed by atoms with Gasteiger partial charge in [0.15, 0.2) is 0 Å². The summed E-state index contributed by atoms with van der Waals surface area (Å²) in [4.78, 5) is 1.57. The van der Waals surface area contributed by atoms with Gasteiger partial charge in [-0.15, -0.1) is 11.3 Å². The molecule has 2 heteroatoms. The summed E-state index contributed by atoms with van der Waals surface area (Å²) in [6, 6.07) is 4.52. The fourth-order valence-electron chi connectivity index (χ4n) is 2.77. The van der Waals surface area contributed by atoms with E-state index in [1.165, 1.54) is 25.7 Å². The lowest BCUT2D eigenvalue weighted by atomic mass is 9.77. The summed E-state index contributed by atoms with van der Waals surface area (Å²) in [6.07, 6.45) is 5.13. The average Bonchev–Trinajstić information content (AvgIpc) is 2.82. The van der Waals surface area contributed by atoms with Gasteiger partial charge in [0, 0.05) is 16.8 Å². The van der Waals surface area contributed by atoms with Crippen molar-refractivity contribution in [2.45, 2.75) is 58.8 Å². The Morgan fingerprint density at radius 3 is 2.33 bits per heavy atom. The maximum absolute atomic E-state index is 3.69. The minimum atomic E-state index is 0.368. The van der Waals surface area contributed by atoms with Gasteiger partial charge in [0.1, 0.15) is 0 Å². The first kappa shape index (κ1) is 15.7. The average molecular weight is 267 g/mol. The Balaban J connectivity index is 2.77. The third-order valence-electron chi connectivity index (χ3n) is 3.52. The summed E-state index contributed by atoms with van der Waals surface area (Å²) in [6.45, 7) is 11.4. The van der Waals surface area contributed by atoms with Crippen molar-refractivity contribution in [3.8, 4) is 0 Å². The number of thiophene rings is 1. The molecule has 0 aromatic carbocycles. The highest BCUT2D eigenvalue weighted by atomic mass is 32.1. The number of hydrogen-bond acceptors (Lipinski definition) is 2. The van der Waals surface area contributed by atoms with Gasteiger partial charge in [-0.1, -0.05) is 46.6 Å². The Kier molecular flexibility index (Phi) is 6.95. The first-order chi connectivity index (χ1) is 8.64. The minimum absolute atomic E-state index is 0.368. The minimum Gasteiger partial charge on any atom is -0.316 e. The van der Waals surface area contributed by atoms with Crippen molar-refractivity contribution in [1.82, 2.24) is 5.32 Å². The van der Waals surface area contributed by atoms with Crippen molar-refractivity contribution in [3.63, 3.8) is 0 Å². The molecule has 1 aromatic rings. The van der Waals surface area contributed by atoms with Crippen molar-refractivity contribution < 1.29 is 0 Å². The summed E-state index contributed by atoms with van der Waals surface area (Å²) in [7, 11) is 0. The maximum atomic E-state index is 3.69. The van der Waals surface area contributed by atoms with Gasteiger partial charge in [-0.05, 0) is 36.8 Å². The van der Waals surface area contributed by atoms with Crippen LogP contribution in [0.1, 0.15) is 58.3 Å².